The first kappa shape index (κ1) is 23.9. The Morgan fingerprint density at radius 1 is 1.11 bits per heavy atom. The minimum atomic E-state index is -1.46. The van der Waals surface area contributed by atoms with Crippen LogP contribution in [0.2, 0.25) is 5.02 Å². The smallest absolute Gasteiger partial charge is 0.177 e. The van der Waals surface area contributed by atoms with E-state index in [0.29, 0.717) is 17.4 Å². The zero-order valence-corrected chi connectivity index (χ0v) is 19.8. The van der Waals surface area contributed by atoms with Crippen LogP contribution in [0.4, 0.5) is 0 Å². The number of nitrogens with zero attached hydrogens (tertiary/aromatic N) is 2. The summed E-state index contributed by atoms with van der Waals surface area (Å²) >= 11 is 6.61. The molecule has 2 fully saturated rings. The number of aliphatic hydroxyl groups excluding tert-OH is 3. The van der Waals surface area contributed by atoms with Crippen LogP contribution in [-0.4, -0.2) is 57.1 Å². The van der Waals surface area contributed by atoms with Crippen LogP contribution in [0, 0.1) is 12.3 Å². The highest BCUT2D eigenvalue weighted by Crippen LogP contribution is 2.40. The Morgan fingerprint density at radius 2 is 1.89 bits per heavy atom. The third-order valence-corrected chi connectivity index (χ3v) is 6.95. The Hall–Kier alpha value is -2.86. The first-order valence-corrected chi connectivity index (χ1v) is 12.0. The molecule has 1 aromatic heterocycles. The van der Waals surface area contributed by atoms with Gasteiger partial charge >= 0.3 is 0 Å². The molecule has 0 bridgehead atoms. The lowest BCUT2D eigenvalue weighted by molar-refractivity contribution is -0.225. The van der Waals surface area contributed by atoms with E-state index in [4.69, 9.17) is 27.6 Å². The van der Waals surface area contributed by atoms with Crippen LogP contribution in [0.1, 0.15) is 41.7 Å². The van der Waals surface area contributed by atoms with E-state index in [1.807, 2.05) is 24.4 Å². The van der Waals surface area contributed by atoms with Crippen molar-refractivity contribution in [3.05, 3.63) is 70.4 Å². The summed E-state index contributed by atoms with van der Waals surface area (Å²) in [7, 11) is 0. The van der Waals surface area contributed by atoms with Gasteiger partial charge in [-0.1, -0.05) is 53.0 Å². The SMILES string of the molecule is C#CCO/N=C/[C@H]1O[C@@H](n2cc(Cc3ccc(C4CC4)cc3)c3c(Cl)cccc32)[C@H](O)[C@@H](O)[C@@H]1O. The number of fused-ring (bicyclic) bond motifs is 1. The molecule has 1 aliphatic carbocycles. The van der Waals surface area contributed by atoms with Gasteiger partial charge < -0.3 is 29.5 Å². The van der Waals surface area contributed by atoms with E-state index in [0.717, 1.165) is 22.0 Å². The van der Waals surface area contributed by atoms with Crippen LogP contribution in [0.3, 0.4) is 0 Å². The van der Waals surface area contributed by atoms with Crippen molar-refractivity contribution < 1.29 is 24.9 Å². The van der Waals surface area contributed by atoms with E-state index < -0.39 is 30.6 Å². The molecule has 3 N–H and O–H groups in total. The normalized spacial score (nSPS) is 26.8. The van der Waals surface area contributed by atoms with Gasteiger partial charge in [-0.05, 0) is 54.0 Å². The molecule has 0 radical (unpaired) electrons. The molecule has 3 aromatic rings. The summed E-state index contributed by atoms with van der Waals surface area (Å²) in [4.78, 5) is 4.89. The molecule has 5 rings (SSSR count). The van der Waals surface area contributed by atoms with Gasteiger partial charge in [0.15, 0.2) is 12.8 Å². The molecule has 2 aromatic carbocycles. The van der Waals surface area contributed by atoms with Crippen molar-refractivity contribution in [1.29, 1.82) is 0 Å². The zero-order valence-electron chi connectivity index (χ0n) is 19.0. The van der Waals surface area contributed by atoms with E-state index in [1.165, 1.54) is 24.6 Å². The molecule has 0 unspecified atom stereocenters. The first-order valence-electron chi connectivity index (χ1n) is 11.6. The van der Waals surface area contributed by atoms with Crippen LogP contribution in [-0.2, 0) is 16.0 Å². The molecule has 0 amide bonds. The maximum Gasteiger partial charge on any atom is 0.177 e. The van der Waals surface area contributed by atoms with Crippen molar-refractivity contribution in [2.45, 2.75) is 55.8 Å². The Bertz CT molecular complexity index is 1260. The quantitative estimate of drug-likeness (QED) is 0.202. The highest BCUT2D eigenvalue weighted by atomic mass is 35.5. The zero-order chi connectivity index (χ0) is 24.5. The molecular weight excluding hydrogens is 468 g/mol. The summed E-state index contributed by atoms with van der Waals surface area (Å²) in [6, 6.07) is 14.2. The number of rotatable bonds is 7. The largest absolute Gasteiger partial charge is 0.387 e. The topological polar surface area (TPSA) is 96.4 Å². The van der Waals surface area contributed by atoms with Gasteiger partial charge in [-0.2, -0.15) is 0 Å². The predicted molar refractivity (Wildman–Crippen MR) is 133 cm³/mol. The Kier molecular flexibility index (Phi) is 6.83. The van der Waals surface area contributed by atoms with Gasteiger partial charge in [0.2, 0.25) is 0 Å². The van der Waals surface area contributed by atoms with E-state index in [-0.39, 0.29) is 6.61 Å². The van der Waals surface area contributed by atoms with Crippen LogP contribution >= 0.6 is 11.6 Å². The van der Waals surface area contributed by atoms with Crippen LogP contribution < -0.4 is 0 Å². The van der Waals surface area contributed by atoms with Crippen molar-refractivity contribution in [1.82, 2.24) is 4.57 Å². The molecule has 8 heteroatoms. The van der Waals surface area contributed by atoms with Gasteiger partial charge in [-0.25, -0.2) is 0 Å². The fraction of sp³-hybridized carbons (Fsp3) is 0.370. The molecule has 1 saturated heterocycles. The molecule has 1 saturated carbocycles. The second-order valence-electron chi connectivity index (χ2n) is 9.08. The maximum absolute atomic E-state index is 10.8. The molecule has 7 nitrogen and oxygen atoms in total. The number of benzene rings is 2. The lowest BCUT2D eigenvalue weighted by atomic mass is 9.98. The van der Waals surface area contributed by atoms with E-state index in [1.54, 1.807) is 4.57 Å². The van der Waals surface area contributed by atoms with Gasteiger partial charge in [0, 0.05) is 11.6 Å². The van der Waals surface area contributed by atoms with Gasteiger partial charge in [-0.3, -0.25) is 0 Å². The highest BCUT2D eigenvalue weighted by Gasteiger charge is 2.44. The minimum absolute atomic E-state index is 0.0420. The third kappa shape index (κ3) is 4.81. The van der Waals surface area contributed by atoms with Gasteiger partial charge in [-0.15, -0.1) is 6.42 Å². The second-order valence-corrected chi connectivity index (χ2v) is 9.49. The monoisotopic (exact) mass is 494 g/mol. The van der Waals surface area contributed by atoms with Crippen LogP contribution in [0.25, 0.3) is 10.9 Å². The fourth-order valence-electron chi connectivity index (χ4n) is 4.65. The summed E-state index contributed by atoms with van der Waals surface area (Å²) < 4.78 is 7.74. The highest BCUT2D eigenvalue weighted by molar-refractivity contribution is 6.35. The number of ether oxygens (including phenoxy) is 1. The molecule has 182 valence electrons. The standard InChI is InChI=1S/C27H27ClN2O5/c1-2-12-34-29-14-22-24(31)25(32)26(33)27(35-22)30-15-19(23-20(28)4-3-5-21(23)30)13-16-6-8-17(9-7-16)18-10-11-18/h1,3-9,14-15,18,22,24-27,31-33H,10-13H2/b29-14+/t22-,24-,25+,26-,27-/m1/s1. The lowest BCUT2D eigenvalue weighted by Gasteiger charge is -2.39. The van der Waals surface area contributed by atoms with Crippen molar-refractivity contribution in [3.8, 4) is 12.3 Å². The number of terminal acetylenes is 1. The summed E-state index contributed by atoms with van der Waals surface area (Å²) in [6.07, 6.45) is 5.14. The molecule has 5 atom stereocenters. The lowest BCUT2D eigenvalue weighted by Crippen LogP contribution is -2.55. The number of hydrogen-bond acceptors (Lipinski definition) is 6. The molecule has 2 heterocycles. The summed E-state index contributed by atoms with van der Waals surface area (Å²) in [5.41, 5.74) is 4.22. The number of oxime groups is 1. The van der Waals surface area contributed by atoms with Crippen molar-refractivity contribution in [3.63, 3.8) is 0 Å². The van der Waals surface area contributed by atoms with Crippen molar-refractivity contribution >= 4 is 28.7 Å². The van der Waals surface area contributed by atoms with Crippen LogP contribution in [0.15, 0.2) is 53.8 Å². The van der Waals surface area contributed by atoms with Gasteiger partial charge in [0.05, 0.1) is 16.8 Å². The summed E-state index contributed by atoms with van der Waals surface area (Å²) in [6.45, 7) is -0.0420. The Morgan fingerprint density at radius 3 is 2.60 bits per heavy atom. The fourth-order valence-corrected chi connectivity index (χ4v) is 4.95. The third-order valence-electron chi connectivity index (χ3n) is 6.64. The van der Waals surface area contributed by atoms with E-state index in [9.17, 15) is 15.3 Å². The number of aromatic nitrogens is 1. The van der Waals surface area contributed by atoms with E-state index in [2.05, 4.69) is 35.3 Å². The number of hydrogen-bond donors (Lipinski definition) is 3. The first-order chi connectivity index (χ1) is 17.0. The van der Waals surface area contributed by atoms with Crippen molar-refractivity contribution in [2.24, 2.45) is 5.16 Å². The molecule has 2 aliphatic rings. The maximum atomic E-state index is 10.8. The average Bonchev–Trinajstić information content (AvgIpc) is 3.65. The summed E-state index contributed by atoms with van der Waals surface area (Å²) in [5.74, 6) is 2.98. The van der Waals surface area contributed by atoms with E-state index >= 15 is 0 Å². The Labute approximate surface area is 208 Å². The molecule has 35 heavy (non-hydrogen) atoms. The number of halogens is 1. The number of aliphatic hydroxyl groups is 3. The van der Waals surface area contributed by atoms with Gasteiger partial charge in [0.1, 0.15) is 24.4 Å². The molecule has 1 aliphatic heterocycles. The summed E-state index contributed by atoms with van der Waals surface area (Å²) in [5, 5.41) is 36.9. The molecular formula is C27H27ClN2O5. The van der Waals surface area contributed by atoms with Crippen molar-refractivity contribution in [2.75, 3.05) is 6.61 Å². The Balaban J connectivity index is 1.47. The average molecular weight is 495 g/mol. The molecule has 0 spiro atoms. The van der Waals surface area contributed by atoms with Gasteiger partial charge in [0.25, 0.3) is 0 Å². The van der Waals surface area contributed by atoms with Crippen LogP contribution in [0.5, 0.6) is 0 Å². The minimum Gasteiger partial charge on any atom is -0.387 e. The second kappa shape index (κ2) is 10.0. The predicted octanol–water partition coefficient (Wildman–Crippen LogP) is 3.38.